The van der Waals surface area contributed by atoms with E-state index in [1.54, 1.807) is 4.90 Å². The zero-order chi connectivity index (χ0) is 10.7. The van der Waals surface area contributed by atoms with Crippen LogP contribution in [0.5, 0.6) is 0 Å². The molecular weight excluding hydrogens is 188 g/mol. The van der Waals surface area contributed by atoms with Crippen molar-refractivity contribution in [2.45, 2.75) is 12.8 Å². The molecule has 0 saturated carbocycles. The normalized spacial score (nSPS) is 18.2. The quantitative estimate of drug-likeness (QED) is 0.649. The molecule has 1 amide bonds. The lowest BCUT2D eigenvalue weighted by Crippen LogP contribution is -2.22. The lowest BCUT2D eigenvalue weighted by Gasteiger charge is -2.17. The number of nitrogens with zero attached hydrogens (tertiary/aromatic N) is 2. The van der Waals surface area contributed by atoms with Crippen molar-refractivity contribution in [3.05, 3.63) is 42.1 Å². The van der Waals surface area contributed by atoms with E-state index in [9.17, 15) is 4.79 Å². The van der Waals surface area contributed by atoms with Gasteiger partial charge in [-0.3, -0.25) is 9.69 Å². The summed E-state index contributed by atoms with van der Waals surface area (Å²) in [6.45, 7) is 0. The number of hydrogen-bond donors (Lipinski definition) is 0. The van der Waals surface area contributed by atoms with Gasteiger partial charge < -0.3 is 0 Å². The number of amides is 1. The van der Waals surface area contributed by atoms with E-state index in [2.05, 4.69) is 0 Å². The molecule has 0 aliphatic carbocycles. The Morgan fingerprint density at radius 2 is 2.00 bits per heavy atom. The second-order valence-corrected chi connectivity index (χ2v) is 3.33. The monoisotopic (exact) mass is 198 g/mol. The van der Waals surface area contributed by atoms with Gasteiger partial charge in [-0.05, 0) is 18.6 Å². The molecule has 0 unspecified atom stereocenters. The average molecular weight is 198 g/mol. The third-order valence-corrected chi connectivity index (χ3v) is 2.38. The molecular formula is C12H10N2O. The molecule has 3 heteroatoms. The minimum Gasteiger partial charge on any atom is -0.284 e. The highest BCUT2D eigenvalue weighted by molar-refractivity contribution is 5.99. The molecule has 1 aliphatic rings. The molecule has 0 radical (unpaired) electrons. The number of hydrogen-bond acceptors (Lipinski definition) is 2. The SMILES string of the molecule is N#CC=C1CCC(=O)N1c1ccccc1. The first-order valence-electron chi connectivity index (χ1n) is 4.79. The standard InChI is InChI=1S/C12H10N2O/c13-9-8-11-6-7-12(15)14(11)10-4-2-1-3-5-10/h1-5,8H,6-7H2. The second kappa shape index (κ2) is 3.97. The van der Waals surface area contributed by atoms with Crippen LogP contribution in [-0.4, -0.2) is 5.91 Å². The molecule has 0 bridgehead atoms. The van der Waals surface area contributed by atoms with Gasteiger partial charge in [0.1, 0.15) is 0 Å². The molecule has 2 rings (SSSR count). The third kappa shape index (κ3) is 1.75. The topological polar surface area (TPSA) is 44.1 Å². The van der Waals surface area contributed by atoms with E-state index in [-0.39, 0.29) is 5.91 Å². The lowest BCUT2D eigenvalue weighted by molar-refractivity contribution is -0.116. The molecule has 3 nitrogen and oxygen atoms in total. The Morgan fingerprint density at radius 3 is 2.67 bits per heavy atom. The Hall–Kier alpha value is -2.08. The van der Waals surface area contributed by atoms with Crippen molar-refractivity contribution in [2.24, 2.45) is 0 Å². The molecule has 1 aromatic carbocycles. The van der Waals surface area contributed by atoms with E-state index in [1.807, 2.05) is 36.4 Å². The summed E-state index contributed by atoms with van der Waals surface area (Å²) in [6, 6.07) is 11.4. The number of allylic oxidation sites excluding steroid dienone is 2. The van der Waals surface area contributed by atoms with Gasteiger partial charge in [-0.1, -0.05) is 18.2 Å². The summed E-state index contributed by atoms with van der Waals surface area (Å²) in [4.78, 5) is 13.2. The molecule has 1 heterocycles. The molecule has 1 saturated heterocycles. The number of carbonyl (C=O) groups excluding carboxylic acids is 1. The minimum absolute atomic E-state index is 0.0581. The van der Waals surface area contributed by atoms with E-state index in [1.165, 1.54) is 6.08 Å². The van der Waals surface area contributed by atoms with Crippen molar-refractivity contribution >= 4 is 11.6 Å². The first-order chi connectivity index (χ1) is 7.33. The maximum atomic E-state index is 11.6. The smallest absolute Gasteiger partial charge is 0.231 e. The van der Waals surface area contributed by atoms with Crippen LogP contribution in [0.4, 0.5) is 5.69 Å². The first kappa shape index (κ1) is 9.47. The summed E-state index contributed by atoms with van der Waals surface area (Å²) >= 11 is 0. The summed E-state index contributed by atoms with van der Waals surface area (Å²) in [6.07, 6.45) is 2.58. The Kier molecular flexibility index (Phi) is 2.51. The largest absolute Gasteiger partial charge is 0.284 e. The van der Waals surface area contributed by atoms with Gasteiger partial charge in [0, 0.05) is 23.9 Å². The summed E-state index contributed by atoms with van der Waals surface area (Å²) < 4.78 is 0. The highest BCUT2D eigenvalue weighted by atomic mass is 16.2. The van der Waals surface area contributed by atoms with Crippen LogP contribution in [0.15, 0.2) is 42.1 Å². The number of para-hydroxylation sites is 1. The Labute approximate surface area is 88.2 Å². The zero-order valence-corrected chi connectivity index (χ0v) is 8.18. The van der Waals surface area contributed by atoms with Gasteiger partial charge in [-0.25, -0.2) is 0 Å². The predicted octanol–water partition coefficient (Wildman–Crippen LogP) is 2.22. The van der Waals surface area contributed by atoms with Crippen molar-refractivity contribution in [1.82, 2.24) is 0 Å². The number of anilines is 1. The molecule has 0 aromatic heterocycles. The summed E-state index contributed by atoms with van der Waals surface area (Å²) in [5, 5.41) is 8.61. The van der Waals surface area contributed by atoms with Crippen molar-refractivity contribution < 1.29 is 4.79 Å². The Morgan fingerprint density at radius 1 is 1.27 bits per heavy atom. The van der Waals surface area contributed by atoms with Crippen LogP contribution >= 0.6 is 0 Å². The number of benzene rings is 1. The fraction of sp³-hybridized carbons (Fsp3) is 0.167. The summed E-state index contributed by atoms with van der Waals surface area (Å²) in [5.74, 6) is 0.0581. The highest BCUT2D eigenvalue weighted by Gasteiger charge is 2.26. The zero-order valence-electron chi connectivity index (χ0n) is 8.18. The number of nitriles is 1. The molecule has 0 N–H and O–H groups in total. The van der Waals surface area contributed by atoms with Gasteiger partial charge >= 0.3 is 0 Å². The van der Waals surface area contributed by atoms with Crippen molar-refractivity contribution in [1.29, 1.82) is 5.26 Å². The number of rotatable bonds is 1. The van der Waals surface area contributed by atoms with Crippen LogP contribution < -0.4 is 4.90 Å². The van der Waals surface area contributed by atoms with Crippen molar-refractivity contribution in [3.8, 4) is 6.07 Å². The van der Waals surface area contributed by atoms with Crippen LogP contribution in [0.3, 0.4) is 0 Å². The molecule has 74 valence electrons. The summed E-state index contributed by atoms with van der Waals surface area (Å²) in [5.41, 5.74) is 1.62. The maximum Gasteiger partial charge on any atom is 0.231 e. The van der Waals surface area contributed by atoms with Gasteiger partial charge in [0.2, 0.25) is 5.91 Å². The van der Waals surface area contributed by atoms with Crippen molar-refractivity contribution in [2.75, 3.05) is 4.90 Å². The summed E-state index contributed by atoms with van der Waals surface area (Å²) in [7, 11) is 0. The van der Waals surface area contributed by atoms with E-state index in [0.717, 1.165) is 11.4 Å². The van der Waals surface area contributed by atoms with Gasteiger partial charge in [0.25, 0.3) is 0 Å². The molecule has 15 heavy (non-hydrogen) atoms. The molecule has 1 aromatic rings. The molecule has 0 atom stereocenters. The van der Waals surface area contributed by atoms with E-state index >= 15 is 0 Å². The molecule has 0 spiro atoms. The van der Waals surface area contributed by atoms with Crippen molar-refractivity contribution in [3.63, 3.8) is 0 Å². The van der Waals surface area contributed by atoms with Gasteiger partial charge in [0.05, 0.1) is 6.07 Å². The predicted molar refractivity (Wildman–Crippen MR) is 56.9 cm³/mol. The van der Waals surface area contributed by atoms with Crippen LogP contribution in [0.25, 0.3) is 0 Å². The molecule has 1 aliphatic heterocycles. The Balaban J connectivity index is 2.39. The first-order valence-corrected chi connectivity index (χ1v) is 4.79. The second-order valence-electron chi connectivity index (χ2n) is 3.33. The van der Waals surface area contributed by atoms with Crippen LogP contribution in [0.2, 0.25) is 0 Å². The lowest BCUT2D eigenvalue weighted by atomic mass is 10.2. The maximum absolute atomic E-state index is 11.6. The van der Waals surface area contributed by atoms with Gasteiger partial charge in [-0.15, -0.1) is 0 Å². The fourth-order valence-corrected chi connectivity index (χ4v) is 1.72. The minimum atomic E-state index is 0.0581. The van der Waals surface area contributed by atoms with Crippen LogP contribution in [-0.2, 0) is 4.79 Å². The highest BCUT2D eigenvalue weighted by Crippen LogP contribution is 2.28. The fourth-order valence-electron chi connectivity index (χ4n) is 1.72. The molecule has 1 fully saturated rings. The Bertz CT molecular complexity index is 442. The van der Waals surface area contributed by atoms with Gasteiger partial charge in [0.15, 0.2) is 0 Å². The van der Waals surface area contributed by atoms with E-state index in [4.69, 9.17) is 5.26 Å². The van der Waals surface area contributed by atoms with E-state index in [0.29, 0.717) is 12.8 Å². The van der Waals surface area contributed by atoms with Gasteiger partial charge in [-0.2, -0.15) is 5.26 Å². The number of carbonyl (C=O) groups is 1. The third-order valence-electron chi connectivity index (χ3n) is 2.38. The van der Waals surface area contributed by atoms with E-state index < -0.39 is 0 Å². The van der Waals surface area contributed by atoms with Crippen LogP contribution in [0.1, 0.15) is 12.8 Å². The van der Waals surface area contributed by atoms with Crippen LogP contribution in [0, 0.1) is 11.3 Å². The average Bonchev–Trinajstić information content (AvgIpc) is 2.62.